The Hall–Kier alpha value is -3.35. The van der Waals surface area contributed by atoms with Gasteiger partial charge in [-0.1, -0.05) is 30.3 Å². The number of likely N-dealkylation sites (tertiary alicyclic amines) is 1. The molecule has 1 saturated heterocycles. The van der Waals surface area contributed by atoms with Gasteiger partial charge in [0.2, 0.25) is 11.8 Å². The number of hydrogen-bond acceptors (Lipinski definition) is 3. The fraction of sp³-hybridized carbons (Fsp3) is 0.318. The first-order chi connectivity index (χ1) is 14.1. The molecule has 0 aromatic heterocycles. The quantitative estimate of drug-likeness (QED) is 0.747. The standard InChI is InChI=1S/C22H24N4O3/c27-20-13-18(17-8-1-2-9-19(17)25-20)21(28)23-14-15-6-5-7-16(12-15)24-22(29)26-10-3-4-11-26/h1-2,5-9,12,18H,3-4,10-11,13-14H2,(H,23,28)(H,24,29)(H,25,27). The first-order valence-corrected chi connectivity index (χ1v) is 9.91. The van der Waals surface area contributed by atoms with Crippen molar-refractivity contribution in [2.24, 2.45) is 0 Å². The first kappa shape index (κ1) is 19.0. The minimum absolute atomic E-state index is 0.0893. The van der Waals surface area contributed by atoms with Crippen molar-refractivity contribution in [1.82, 2.24) is 10.2 Å². The number of carbonyl (C=O) groups is 3. The van der Waals surface area contributed by atoms with E-state index in [0.717, 1.165) is 37.1 Å². The molecule has 4 amide bonds. The predicted molar refractivity (Wildman–Crippen MR) is 111 cm³/mol. The molecular formula is C22H24N4O3. The molecule has 2 aliphatic heterocycles. The Balaban J connectivity index is 1.38. The number of anilines is 2. The summed E-state index contributed by atoms with van der Waals surface area (Å²) in [6.07, 6.45) is 2.22. The highest BCUT2D eigenvalue weighted by Crippen LogP contribution is 2.32. The SMILES string of the molecule is O=C1CC(C(=O)NCc2cccc(NC(=O)N3CCCC3)c2)c2ccccc2N1. The number of nitrogens with one attached hydrogen (secondary N) is 3. The van der Waals surface area contributed by atoms with E-state index in [1.54, 1.807) is 11.0 Å². The molecule has 0 saturated carbocycles. The smallest absolute Gasteiger partial charge is 0.321 e. The van der Waals surface area contributed by atoms with Crippen LogP contribution in [0, 0.1) is 0 Å². The summed E-state index contributed by atoms with van der Waals surface area (Å²) >= 11 is 0. The number of carbonyl (C=O) groups excluding carboxylic acids is 3. The highest BCUT2D eigenvalue weighted by atomic mass is 16.2. The number of hydrogen-bond donors (Lipinski definition) is 3. The van der Waals surface area contributed by atoms with Gasteiger partial charge in [0.25, 0.3) is 0 Å². The van der Waals surface area contributed by atoms with Gasteiger partial charge >= 0.3 is 6.03 Å². The van der Waals surface area contributed by atoms with Gasteiger partial charge in [-0.05, 0) is 42.2 Å². The first-order valence-electron chi connectivity index (χ1n) is 9.91. The Morgan fingerprint density at radius 2 is 1.86 bits per heavy atom. The lowest BCUT2D eigenvalue weighted by atomic mass is 9.90. The van der Waals surface area contributed by atoms with Crippen LogP contribution in [0.4, 0.5) is 16.2 Å². The molecule has 0 spiro atoms. The lowest BCUT2D eigenvalue weighted by Crippen LogP contribution is -2.34. The van der Waals surface area contributed by atoms with Crippen LogP contribution in [0.15, 0.2) is 48.5 Å². The van der Waals surface area contributed by atoms with Crippen LogP contribution in [0.3, 0.4) is 0 Å². The molecule has 29 heavy (non-hydrogen) atoms. The average molecular weight is 392 g/mol. The van der Waals surface area contributed by atoms with Crippen LogP contribution in [-0.2, 0) is 16.1 Å². The van der Waals surface area contributed by atoms with E-state index in [-0.39, 0.29) is 24.3 Å². The van der Waals surface area contributed by atoms with Gasteiger partial charge in [0, 0.05) is 37.4 Å². The number of benzene rings is 2. The van der Waals surface area contributed by atoms with Crippen molar-refractivity contribution < 1.29 is 14.4 Å². The molecule has 7 heteroatoms. The van der Waals surface area contributed by atoms with Gasteiger partial charge in [-0.25, -0.2) is 4.79 Å². The van der Waals surface area contributed by atoms with E-state index in [2.05, 4.69) is 16.0 Å². The second-order valence-electron chi connectivity index (χ2n) is 7.43. The maximum Gasteiger partial charge on any atom is 0.321 e. The average Bonchev–Trinajstić information content (AvgIpc) is 3.27. The number of para-hydroxylation sites is 1. The molecule has 1 unspecified atom stereocenters. The summed E-state index contributed by atoms with van der Waals surface area (Å²) < 4.78 is 0. The number of fused-ring (bicyclic) bond motifs is 1. The maximum absolute atomic E-state index is 12.7. The molecule has 2 aromatic rings. The van der Waals surface area contributed by atoms with Gasteiger partial charge in [-0.3, -0.25) is 9.59 Å². The molecule has 0 aliphatic carbocycles. The summed E-state index contributed by atoms with van der Waals surface area (Å²) in [6, 6.07) is 14.7. The van der Waals surface area contributed by atoms with Gasteiger partial charge in [0.15, 0.2) is 0 Å². The fourth-order valence-corrected chi connectivity index (χ4v) is 3.84. The van der Waals surface area contributed by atoms with Crippen molar-refractivity contribution in [3.8, 4) is 0 Å². The topological polar surface area (TPSA) is 90.5 Å². The van der Waals surface area contributed by atoms with E-state index < -0.39 is 5.92 Å². The molecule has 3 N–H and O–H groups in total. The largest absolute Gasteiger partial charge is 0.351 e. The second-order valence-corrected chi connectivity index (χ2v) is 7.43. The maximum atomic E-state index is 12.7. The summed E-state index contributed by atoms with van der Waals surface area (Å²) in [5.41, 5.74) is 3.11. The van der Waals surface area contributed by atoms with Crippen LogP contribution in [-0.4, -0.2) is 35.8 Å². The normalized spacial score (nSPS) is 18.0. The Morgan fingerprint density at radius 3 is 2.69 bits per heavy atom. The van der Waals surface area contributed by atoms with Crippen LogP contribution < -0.4 is 16.0 Å². The zero-order valence-electron chi connectivity index (χ0n) is 16.1. The molecule has 2 heterocycles. The summed E-state index contributed by atoms with van der Waals surface area (Å²) in [4.78, 5) is 38.7. The number of urea groups is 1. The van der Waals surface area contributed by atoms with Crippen LogP contribution >= 0.6 is 0 Å². The van der Waals surface area contributed by atoms with E-state index in [1.807, 2.05) is 42.5 Å². The Bertz CT molecular complexity index is 937. The number of nitrogens with zero attached hydrogens (tertiary/aromatic N) is 1. The molecule has 150 valence electrons. The van der Waals surface area contributed by atoms with E-state index in [9.17, 15) is 14.4 Å². The van der Waals surface area contributed by atoms with Crippen LogP contribution in [0.2, 0.25) is 0 Å². The van der Waals surface area contributed by atoms with Crippen LogP contribution in [0.5, 0.6) is 0 Å². The lowest BCUT2D eigenvalue weighted by Gasteiger charge is -2.24. The van der Waals surface area contributed by atoms with Crippen molar-refractivity contribution in [2.75, 3.05) is 23.7 Å². The van der Waals surface area contributed by atoms with Crippen molar-refractivity contribution in [2.45, 2.75) is 31.7 Å². The van der Waals surface area contributed by atoms with E-state index in [0.29, 0.717) is 17.9 Å². The molecular weight excluding hydrogens is 368 g/mol. The van der Waals surface area contributed by atoms with Crippen molar-refractivity contribution >= 4 is 29.2 Å². The molecule has 0 bridgehead atoms. The van der Waals surface area contributed by atoms with E-state index >= 15 is 0 Å². The minimum Gasteiger partial charge on any atom is -0.351 e. The van der Waals surface area contributed by atoms with Crippen molar-refractivity contribution in [3.05, 3.63) is 59.7 Å². The van der Waals surface area contributed by atoms with Crippen LogP contribution in [0.25, 0.3) is 0 Å². The summed E-state index contributed by atoms with van der Waals surface area (Å²) in [6.45, 7) is 1.91. The second kappa shape index (κ2) is 8.34. The van der Waals surface area contributed by atoms with Gasteiger partial charge in [0.1, 0.15) is 0 Å². The van der Waals surface area contributed by atoms with E-state index in [4.69, 9.17) is 0 Å². The number of amides is 4. The summed E-state index contributed by atoms with van der Waals surface area (Å²) in [7, 11) is 0. The Morgan fingerprint density at radius 1 is 1.07 bits per heavy atom. The third-order valence-corrected chi connectivity index (χ3v) is 5.35. The van der Waals surface area contributed by atoms with Gasteiger partial charge in [-0.2, -0.15) is 0 Å². The fourth-order valence-electron chi connectivity index (χ4n) is 3.84. The molecule has 1 fully saturated rings. The van der Waals surface area contributed by atoms with Crippen LogP contribution in [0.1, 0.15) is 36.3 Å². The zero-order chi connectivity index (χ0) is 20.2. The zero-order valence-corrected chi connectivity index (χ0v) is 16.1. The molecule has 7 nitrogen and oxygen atoms in total. The third-order valence-electron chi connectivity index (χ3n) is 5.35. The van der Waals surface area contributed by atoms with Gasteiger partial charge in [0.05, 0.1) is 5.92 Å². The molecule has 2 aliphatic rings. The van der Waals surface area contributed by atoms with Crippen molar-refractivity contribution in [1.29, 1.82) is 0 Å². The summed E-state index contributed by atoms with van der Waals surface area (Å²) in [5, 5.41) is 8.64. The Labute approximate surface area is 169 Å². The monoisotopic (exact) mass is 392 g/mol. The predicted octanol–water partition coefficient (Wildman–Crippen LogP) is 3.06. The Kier molecular flexibility index (Phi) is 5.46. The van der Waals surface area contributed by atoms with E-state index in [1.165, 1.54) is 0 Å². The lowest BCUT2D eigenvalue weighted by molar-refractivity contribution is -0.126. The van der Waals surface area contributed by atoms with Gasteiger partial charge < -0.3 is 20.9 Å². The number of rotatable bonds is 4. The van der Waals surface area contributed by atoms with Crippen molar-refractivity contribution in [3.63, 3.8) is 0 Å². The summed E-state index contributed by atoms with van der Waals surface area (Å²) in [5.74, 6) is -0.840. The highest BCUT2D eigenvalue weighted by Gasteiger charge is 2.30. The molecule has 2 aromatic carbocycles. The van der Waals surface area contributed by atoms with Gasteiger partial charge in [-0.15, -0.1) is 0 Å². The third kappa shape index (κ3) is 4.39. The molecule has 4 rings (SSSR count). The molecule has 1 atom stereocenters. The highest BCUT2D eigenvalue weighted by molar-refractivity contribution is 6.01. The molecule has 0 radical (unpaired) electrons. The minimum atomic E-state index is -0.502.